The van der Waals surface area contributed by atoms with Gasteiger partial charge in [0.05, 0.1) is 19.3 Å². The van der Waals surface area contributed by atoms with E-state index in [0.717, 1.165) is 30.6 Å². The Balaban J connectivity index is 2.23. The van der Waals surface area contributed by atoms with E-state index >= 15 is 0 Å². The Bertz CT molecular complexity index is 384. The molecule has 4 heteroatoms. The molecule has 2 rings (SSSR count). The van der Waals surface area contributed by atoms with Crippen LogP contribution in [0.15, 0.2) is 18.2 Å². The second kappa shape index (κ2) is 5.71. The first-order chi connectivity index (χ1) is 8.26. The van der Waals surface area contributed by atoms with Gasteiger partial charge in [-0.3, -0.25) is 0 Å². The lowest BCUT2D eigenvalue weighted by Gasteiger charge is -2.36. The Kier molecular flexibility index (Phi) is 4.26. The van der Waals surface area contributed by atoms with Gasteiger partial charge in [-0.1, -0.05) is 17.7 Å². The van der Waals surface area contributed by atoms with Gasteiger partial charge in [-0.2, -0.15) is 0 Å². The van der Waals surface area contributed by atoms with Gasteiger partial charge >= 0.3 is 0 Å². The fourth-order valence-corrected chi connectivity index (χ4v) is 2.61. The van der Waals surface area contributed by atoms with Crippen molar-refractivity contribution in [3.63, 3.8) is 0 Å². The summed E-state index contributed by atoms with van der Waals surface area (Å²) in [7, 11) is 0. The summed E-state index contributed by atoms with van der Waals surface area (Å²) in [5.74, 6) is 0. The molecule has 1 unspecified atom stereocenters. The third kappa shape index (κ3) is 2.73. The van der Waals surface area contributed by atoms with Crippen LogP contribution in [0, 0.1) is 0 Å². The molecule has 1 aromatic carbocycles. The normalized spacial score (nSPS) is 20.6. The Morgan fingerprint density at radius 2 is 2.12 bits per heavy atom. The number of piperidine rings is 1. The smallest absolute Gasteiger partial charge is 0.0696 e. The molecule has 0 radical (unpaired) electrons. The number of aliphatic hydroxyl groups excluding tert-OH is 2. The van der Waals surface area contributed by atoms with E-state index in [9.17, 15) is 5.11 Å². The summed E-state index contributed by atoms with van der Waals surface area (Å²) < 4.78 is 0. The molecule has 0 bridgehead atoms. The summed E-state index contributed by atoms with van der Waals surface area (Å²) in [5, 5.41) is 19.0. The van der Waals surface area contributed by atoms with Crippen molar-refractivity contribution in [3.8, 4) is 0 Å². The quantitative estimate of drug-likeness (QED) is 0.870. The van der Waals surface area contributed by atoms with Crippen LogP contribution in [0.5, 0.6) is 0 Å². The molecular weight excluding hydrogens is 238 g/mol. The van der Waals surface area contributed by atoms with Crippen molar-refractivity contribution in [2.45, 2.75) is 31.9 Å². The van der Waals surface area contributed by atoms with Gasteiger partial charge in [0.1, 0.15) is 0 Å². The zero-order valence-corrected chi connectivity index (χ0v) is 10.5. The average molecular weight is 256 g/mol. The van der Waals surface area contributed by atoms with Crippen LogP contribution < -0.4 is 4.90 Å². The van der Waals surface area contributed by atoms with Crippen LogP contribution in [-0.2, 0) is 6.61 Å². The van der Waals surface area contributed by atoms with Crippen LogP contribution in [0.4, 0.5) is 5.69 Å². The SMILES string of the molecule is OCc1ccc(N2CCCCC2CO)cc1Cl. The summed E-state index contributed by atoms with van der Waals surface area (Å²) in [4.78, 5) is 2.20. The zero-order valence-electron chi connectivity index (χ0n) is 9.77. The largest absolute Gasteiger partial charge is 0.394 e. The highest BCUT2D eigenvalue weighted by molar-refractivity contribution is 6.31. The van der Waals surface area contributed by atoms with Gasteiger partial charge in [0, 0.05) is 17.3 Å². The number of anilines is 1. The number of hydrogen-bond donors (Lipinski definition) is 2. The molecule has 1 fully saturated rings. The monoisotopic (exact) mass is 255 g/mol. The van der Waals surface area contributed by atoms with Crippen molar-refractivity contribution in [3.05, 3.63) is 28.8 Å². The molecule has 0 spiro atoms. The van der Waals surface area contributed by atoms with Gasteiger partial charge in [0.2, 0.25) is 0 Å². The molecule has 1 aliphatic heterocycles. The topological polar surface area (TPSA) is 43.7 Å². The van der Waals surface area contributed by atoms with Crippen molar-refractivity contribution >= 4 is 17.3 Å². The lowest BCUT2D eigenvalue weighted by Crippen LogP contribution is -2.41. The molecule has 3 nitrogen and oxygen atoms in total. The van der Waals surface area contributed by atoms with Crippen LogP contribution in [-0.4, -0.2) is 29.4 Å². The van der Waals surface area contributed by atoms with Crippen molar-refractivity contribution in [1.29, 1.82) is 0 Å². The second-order valence-electron chi connectivity index (χ2n) is 4.46. The van der Waals surface area contributed by atoms with Crippen LogP contribution in [0.1, 0.15) is 24.8 Å². The molecule has 1 aliphatic rings. The molecule has 94 valence electrons. The third-order valence-electron chi connectivity index (χ3n) is 3.38. The van der Waals surface area contributed by atoms with E-state index in [0.29, 0.717) is 5.02 Å². The summed E-state index contributed by atoms with van der Waals surface area (Å²) in [6.45, 7) is 1.10. The van der Waals surface area contributed by atoms with Crippen molar-refractivity contribution in [2.75, 3.05) is 18.1 Å². The first-order valence-corrected chi connectivity index (χ1v) is 6.41. The van der Waals surface area contributed by atoms with Gasteiger partial charge in [0.25, 0.3) is 0 Å². The van der Waals surface area contributed by atoms with E-state index in [1.807, 2.05) is 18.2 Å². The summed E-state index contributed by atoms with van der Waals surface area (Å²) in [5.41, 5.74) is 1.78. The number of benzene rings is 1. The second-order valence-corrected chi connectivity index (χ2v) is 4.87. The number of hydrogen-bond acceptors (Lipinski definition) is 3. The first kappa shape index (κ1) is 12.7. The van der Waals surface area contributed by atoms with Gasteiger partial charge in [-0.25, -0.2) is 0 Å². The Morgan fingerprint density at radius 1 is 1.29 bits per heavy atom. The zero-order chi connectivity index (χ0) is 12.3. The molecule has 1 atom stereocenters. The van der Waals surface area contributed by atoms with Gasteiger partial charge in [-0.15, -0.1) is 0 Å². The highest BCUT2D eigenvalue weighted by atomic mass is 35.5. The van der Waals surface area contributed by atoms with Crippen LogP contribution in [0.3, 0.4) is 0 Å². The first-order valence-electron chi connectivity index (χ1n) is 6.03. The Morgan fingerprint density at radius 3 is 2.76 bits per heavy atom. The van der Waals surface area contributed by atoms with E-state index in [4.69, 9.17) is 16.7 Å². The Labute approximate surface area is 107 Å². The molecule has 17 heavy (non-hydrogen) atoms. The van der Waals surface area contributed by atoms with Crippen LogP contribution >= 0.6 is 11.6 Å². The lowest BCUT2D eigenvalue weighted by molar-refractivity contribution is 0.240. The van der Waals surface area contributed by atoms with E-state index in [2.05, 4.69) is 4.90 Å². The summed E-state index contributed by atoms with van der Waals surface area (Å²) in [6, 6.07) is 5.88. The van der Waals surface area contributed by atoms with E-state index in [1.165, 1.54) is 6.42 Å². The molecule has 2 N–H and O–H groups in total. The van der Waals surface area contributed by atoms with Crippen molar-refractivity contribution in [2.24, 2.45) is 0 Å². The highest BCUT2D eigenvalue weighted by Gasteiger charge is 2.22. The van der Waals surface area contributed by atoms with E-state index in [1.54, 1.807) is 0 Å². The van der Waals surface area contributed by atoms with Gasteiger partial charge in [-0.05, 0) is 37.0 Å². The molecule has 1 aromatic rings. The van der Waals surface area contributed by atoms with Gasteiger partial charge in [0.15, 0.2) is 0 Å². The summed E-state index contributed by atoms with van der Waals surface area (Å²) >= 11 is 6.09. The van der Waals surface area contributed by atoms with Gasteiger partial charge < -0.3 is 15.1 Å². The van der Waals surface area contributed by atoms with Crippen molar-refractivity contribution < 1.29 is 10.2 Å². The Hall–Kier alpha value is -0.770. The van der Waals surface area contributed by atoms with E-state index in [-0.39, 0.29) is 19.3 Å². The molecular formula is C13H18ClNO2. The van der Waals surface area contributed by atoms with Crippen LogP contribution in [0.25, 0.3) is 0 Å². The maximum atomic E-state index is 9.38. The lowest BCUT2D eigenvalue weighted by atomic mass is 10.0. The average Bonchev–Trinajstić information content (AvgIpc) is 2.38. The standard InChI is InChI=1S/C13H18ClNO2/c14-13-7-11(5-4-10(13)8-16)15-6-2-1-3-12(15)9-17/h4-5,7,12,16-17H,1-3,6,8-9H2. The summed E-state index contributed by atoms with van der Waals surface area (Å²) in [6.07, 6.45) is 3.34. The number of nitrogens with zero attached hydrogens (tertiary/aromatic N) is 1. The predicted octanol–water partition coefficient (Wildman–Crippen LogP) is 2.18. The molecule has 0 aliphatic carbocycles. The molecule has 0 saturated carbocycles. The minimum absolute atomic E-state index is 0.0391. The molecule has 1 saturated heterocycles. The highest BCUT2D eigenvalue weighted by Crippen LogP contribution is 2.28. The number of halogens is 1. The van der Waals surface area contributed by atoms with Crippen molar-refractivity contribution in [1.82, 2.24) is 0 Å². The van der Waals surface area contributed by atoms with E-state index < -0.39 is 0 Å². The maximum absolute atomic E-state index is 9.38. The maximum Gasteiger partial charge on any atom is 0.0696 e. The predicted molar refractivity (Wildman–Crippen MR) is 69.4 cm³/mol. The fraction of sp³-hybridized carbons (Fsp3) is 0.538. The number of aliphatic hydroxyl groups is 2. The number of rotatable bonds is 3. The molecule has 0 aromatic heterocycles. The van der Waals surface area contributed by atoms with Crippen LogP contribution in [0.2, 0.25) is 5.02 Å². The molecule has 0 amide bonds. The fourth-order valence-electron chi connectivity index (χ4n) is 2.37. The third-order valence-corrected chi connectivity index (χ3v) is 3.73. The minimum Gasteiger partial charge on any atom is -0.394 e. The molecule has 1 heterocycles. The minimum atomic E-state index is -0.0391.